The van der Waals surface area contributed by atoms with E-state index in [0.29, 0.717) is 5.56 Å². The highest BCUT2D eigenvalue weighted by atomic mass is 32.2. The molecule has 3 aromatic carbocycles. The molecular weight excluding hydrogens is 306 g/mol. The molecule has 0 bridgehead atoms. The zero-order valence-electron chi connectivity index (χ0n) is 12.6. The average molecular weight is 321 g/mol. The normalized spacial score (nSPS) is 12.7. The lowest BCUT2D eigenvalue weighted by atomic mass is 10.0. The van der Waals surface area contributed by atoms with Crippen LogP contribution in [0.25, 0.3) is 15.6 Å². The first-order valence-electron chi connectivity index (χ1n) is 7.19. The summed E-state index contributed by atoms with van der Waals surface area (Å²) in [5, 5.41) is 0.487. The Morgan fingerprint density at radius 1 is 0.913 bits per heavy atom. The third-order valence-corrected chi connectivity index (χ3v) is 5.73. The largest absolute Gasteiger partial charge is 0.350 e. The van der Waals surface area contributed by atoms with Gasteiger partial charge in [0.05, 0.1) is 10.5 Å². The van der Waals surface area contributed by atoms with Crippen LogP contribution in [0.5, 0.6) is 0 Å². The van der Waals surface area contributed by atoms with Crippen molar-refractivity contribution in [2.45, 2.75) is 17.2 Å². The Kier molecular flexibility index (Phi) is 3.89. The lowest BCUT2D eigenvalue weighted by Gasteiger charge is -2.11. The van der Waals surface area contributed by atoms with E-state index < -0.39 is 15.2 Å². The van der Waals surface area contributed by atoms with Gasteiger partial charge in [0.25, 0.3) is 9.84 Å². The van der Waals surface area contributed by atoms with Gasteiger partial charge in [-0.05, 0) is 35.9 Å². The fourth-order valence-electron chi connectivity index (χ4n) is 2.63. The van der Waals surface area contributed by atoms with Crippen LogP contribution in [0.4, 0.5) is 0 Å². The van der Waals surface area contributed by atoms with E-state index in [2.05, 4.69) is 4.85 Å². The van der Waals surface area contributed by atoms with Gasteiger partial charge in [-0.25, -0.2) is 15.0 Å². The third kappa shape index (κ3) is 2.71. The minimum absolute atomic E-state index is 0.178. The second kappa shape index (κ2) is 5.86. The zero-order valence-corrected chi connectivity index (χ0v) is 13.4. The van der Waals surface area contributed by atoms with Crippen molar-refractivity contribution in [3.05, 3.63) is 89.3 Å². The fraction of sp³-hybridized carbons (Fsp3) is 0.105. The highest BCUT2D eigenvalue weighted by molar-refractivity contribution is 7.91. The van der Waals surface area contributed by atoms with E-state index in [1.165, 1.54) is 0 Å². The Bertz CT molecular complexity index is 994. The van der Waals surface area contributed by atoms with Crippen LogP contribution in [-0.2, 0) is 9.84 Å². The van der Waals surface area contributed by atoms with Gasteiger partial charge in [-0.3, -0.25) is 4.85 Å². The summed E-state index contributed by atoms with van der Waals surface area (Å²) in [6.45, 7) is 9.36. The summed E-state index contributed by atoms with van der Waals surface area (Å²) in [6, 6.07) is 19.6. The number of rotatable bonds is 3. The molecule has 0 N–H and O–H groups in total. The van der Waals surface area contributed by atoms with Gasteiger partial charge in [0.2, 0.25) is 0 Å². The maximum Gasteiger partial charge on any atom is 0.350 e. The van der Waals surface area contributed by atoms with Gasteiger partial charge in [-0.15, -0.1) is 0 Å². The maximum atomic E-state index is 12.9. The first kappa shape index (κ1) is 15.3. The van der Waals surface area contributed by atoms with Gasteiger partial charge in [0, 0.05) is 0 Å². The lowest BCUT2D eigenvalue weighted by molar-refractivity contribution is 0.590. The Hall–Kier alpha value is -2.64. The van der Waals surface area contributed by atoms with Gasteiger partial charge in [-0.2, -0.15) is 0 Å². The number of benzene rings is 3. The minimum Gasteiger partial charge on any atom is -0.291 e. The van der Waals surface area contributed by atoms with E-state index in [1.54, 1.807) is 36.4 Å². The van der Waals surface area contributed by atoms with Crippen molar-refractivity contribution in [1.29, 1.82) is 0 Å². The van der Waals surface area contributed by atoms with Crippen molar-refractivity contribution in [3.63, 3.8) is 0 Å². The number of fused-ring (bicyclic) bond motifs is 1. The van der Waals surface area contributed by atoms with E-state index >= 15 is 0 Å². The molecule has 0 saturated carbocycles. The summed E-state index contributed by atoms with van der Waals surface area (Å²) in [5.41, 5.74) is 1.51. The van der Waals surface area contributed by atoms with Gasteiger partial charge in [0.1, 0.15) is 0 Å². The fourth-order valence-corrected chi connectivity index (χ4v) is 4.08. The number of hydrogen-bond acceptors (Lipinski definition) is 2. The van der Waals surface area contributed by atoms with Crippen molar-refractivity contribution >= 4 is 20.6 Å². The lowest BCUT2D eigenvalue weighted by Crippen LogP contribution is -2.11. The van der Waals surface area contributed by atoms with Crippen LogP contribution >= 0.6 is 0 Å². The standard InChI is InChI=1S/C19H15NO2S/c1-14-10-12-16(13-11-14)23(21,22)19(20-2)18-9-5-7-15-6-3-4-8-17(15)18/h3-13,19H,1H3/t19-/m1/s1. The third-order valence-electron chi connectivity index (χ3n) is 3.85. The van der Waals surface area contributed by atoms with Crippen LogP contribution in [0.2, 0.25) is 0 Å². The molecule has 0 aromatic heterocycles. The molecule has 1 atom stereocenters. The summed E-state index contributed by atoms with van der Waals surface area (Å²) in [6.07, 6.45) is 0. The smallest absolute Gasteiger partial charge is 0.291 e. The molecule has 0 aliphatic carbocycles. The van der Waals surface area contributed by atoms with Crippen LogP contribution < -0.4 is 0 Å². The van der Waals surface area contributed by atoms with Crippen molar-refractivity contribution in [2.75, 3.05) is 0 Å². The quantitative estimate of drug-likeness (QED) is 0.664. The van der Waals surface area contributed by atoms with Crippen molar-refractivity contribution in [2.24, 2.45) is 0 Å². The van der Waals surface area contributed by atoms with E-state index in [0.717, 1.165) is 16.3 Å². The molecule has 114 valence electrons. The highest BCUT2D eigenvalue weighted by Crippen LogP contribution is 2.34. The second-order valence-corrected chi connectivity index (χ2v) is 7.42. The maximum absolute atomic E-state index is 12.9. The summed E-state index contributed by atoms with van der Waals surface area (Å²) in [5.74, 6) is 0. The summed E-state index contributed by atoms with van der Waals surface area (Å²) in [4.78, 5) is 3.62. The van der Waals surface area contributed by atoms with Crippen molar-refractivity contribution in [3.8, 4) is 0 Å². The molecule has 0 aliphatic heterocycles. The molecule has 0 aliphatic rings. The van der Waals surface area contributed by atoms with E-state index in [1.807, 2.05) is 37.3 Å². The van der Waals surface area contributed by atoms with Gasteiger partial charge >= 0.3 is 5.37 Å². The van der Waals surface area contributed by atoms with Gasteiger partial charge < -0.3 is 0 Å². The van der Waals surface area contributed by atoms with Crippen molar-refractivity contribution < 1.29 is 8.42 Å². The Morgan fingerprint density at radius 2 is 1.57 bits per heavy atom. The number of nitrogens with zero attached hydrogens (tertiary/aromatic N) is 1. The zero-order chi connectivity index (χ0) is 16.4. The molecular formula is C19H15NO2S. The summed E-state index contributed by atoms with van der Waals surface area (Å²) < 4.78 is 25.8. The molecule has 0 heterocycles. The molecule has 3 aromatic rings. The molecule has 0 spiro atoms. The summed E-state index contributed by atoms with van der Waals surface area (Å²) >= 11 is 0. The number of sulfone groups is 1. The average Bonchev–Trinajstić information content (AvgIpc) is 2.56. The van der Waals surface area contributed by atoms with Crippen LogP contribution in [0.15, 0.2) is 71.6 Å². The predicted octanol–water partition coefficient (Wildman–Crippen LogP) is 4.54. The van der Waals surface area contributed by atoms with Crippen LogP contribution in [0.1, 0.15) is 16.5 Å². The van der Waals surface area contributed by atoms with E-state index in [9.17, 15) is 8.42 Å². The first-order chi connectivity index (χ1) is 11.0. The molecule has 0 amide bonds. The minimum atomic E-state index is -3.77. The Labute approximate surface area is 135 Å². The predicted molar refractivity (Wildman–Crippen MR) is 91.7 cm³/mol. The molecule has 0 fully saturated rings. The highest BCUT2D eigenvalue weighted by Gasteiger charge is 2.35. The number of hydrogen-bond donors (Lipinski definition) is 0. The SMILES string of the molecule is [C-]#[N+][C@@H](c1cccc2ccccc12)S(=O)(=O)c1ccc(C)cc1. The van der Waals surface area contributed by atoms with Crippen molar-refractivity contribution in [1.82, 2.24) is 0 Å². The molecule has 23 heavy (non-hydrogen) atoms. The molecule has 3 nitrogen and oxygen atoms in total. The topological polar surface area (TPSA) is 38.5 Å². The van der Waals surface area contributed by atoms with Gasteiger partial charge in [0.15, 0.2) is 0 Å². The second-order valence-electron chi connectivity index (χ2n) is 5.41. The Balaban J connectivity index is 2.19. The number of aryl methyl sites for hydroxylation is 1. The monoisotopic (exact) mass is 321 g/mol. The molecule has 0 radical (unpaired) electrons. The molecule has 0 saturated heterocycles. The van der Waals surface area contributed by atoms with Crippen LogP contribution in [0.3, 0.4) is 0 Å². The molecule has 3 rings (SSSR count). The summed E-state index contributed by atoms with van der Waals surface area (Å²) in [7, 11) is -3.77. The van der Waals surface area contributed by atoms with E-state index in [-0.39, 0.29) is 4.90 Å². The first-order valence-corrected chi connectivity index (χ1v) is 8.73. The van der Waals surface area contributed by atoms with Crippen LogP contribution in [-0.4, -0.2) is 8.42 Å². The van der Waals surface area contributed by atoms with Gasteiger partial charge in [-0.1, -0.05) is 54.1 Å². The van der Waals surface area contributed by atoms with E-state index in [4.69, 9.17) is 6.57 Å². The molecule has 0 unspecified atom stereocenters. The Morgan fingerprint density at radius 3 is 2.26 bits per heavy atom. The van der Waals surface area contributed by atoms with Crippen LogP contribution in [0, 0.1) is 13.5 Å². The molecule has 4 heteroatoms.